The molecule has 2 unspecified atom stereocenters. The molecule has 0 radical (unpaired) electrons. The van der Waals surface area contributed by atoms with Gasteiger partial charge in [-0.3, -0.25) is 0 Å². The monoisotopic (exact) mass is 836 g/mol. The van der Waals surface area contributed by atoms with Crippen molar-refractivity contribution in [2.24, 2.45) is 0 Å². The van der Waals surface area contributed by atoms with Gasteiger partial charge in [-0.2, -0.15) is 0 Å². The van der Waals surface area contributed by atoms with Gasteiger partial charge in [-0.1, -0.05) is 200 Å². The highest BCUT2D eigenvalue weighted by Gasteiger charge is 2.54. The predicted molar refractivity (Wildman–Crippen MR) is 261 cm³/mol. The fourth-order valence-corrected chi connectivity index (χ4v) is 13.7. The molecule has 13 rings (SSSR count). The number of nitrogens with zero attached hydrogens (tertiary/aromatic N) is 4. The van der Waals surface area contributed by atoms with Gasteiger partial charge < -0.3 is 9.13 Å². The molecule has 11 aromatic rings. The van der Waals surface area contributed by atoms with Gasteiger partial charge in [-0.05, 0) is 57.6 Å². The van der Waals surface area contributed by atoms with E-state index in [9.17, 15) is 0 Å². The first kappa shape index (κ1) is 36.7. The minimum Gasteiger partial charge on any atom is -0.309 e. The number of benzene rings is 9. The van der Waals surface area contributed by atoms with Gasteiger partial charge in [-0.25, -0.2) is 15.0 Å². The summed E-state index contributed by atoms with van der Waals surface area (Å²) in [5, 5.41) is 4.84. The van der Waals surface area contributed by atoms with Crippen LogP contribution in [-0.2, 0) is 9.98 Å². The summed E-state index contributed by atoms with van der Waals surface area (Å²) in [4.78, 5) is 15.6. The van der Waals surface area contributed by atoms with Crippen molar-refractivity contribution in [2.45, 2.75) is 5.41 Å². The van der Waals surface area contributed by atoms with Crippen molar-refractivity contribution >= 4 is 44.9 Å². The number of fused-ring (bicyclic) bond motifs is 11. The smallest absolute Gasteiger partial charge is 0.171 e. The molecule has 0 amide bonds. The third kappa shape index (κ3) is 5.13. The average Bonchev–Trinajstić information content (AvgIpc) is 3.72. The highest BCUT2D eigenvalue weighted by atomic mass is 31.2. The summed E-state index contributed by atoms with van der Waals surface area (Å²) in [5.74, 6) is 1.70. The van der Waals surface area contributed by atoms with Crippen LogP contribution >= 0.6 is 7.14 Å². The van der Waals surface area contributed by atoms with E-state index in [1.165, 1.54) is 10.8 Å². The van der Waals surface area contributed by atoms with Gasteiger partial charge in [0, 0.05) is 43.4 Å². The van der Waals surface area contributed by atoms with E-state index in [1.54, 1.807) is 0 Å². The van der Waals surface area contributed by atoms with E-state index in [-0.39, 0.29) is 0 Å². The number of hydrogen-bond acceptors (Lipinski definition) is 4. The van der Waals surface area contributed by atoms with Gasteiger partial charge in [-0.15, -0.1) is 0 Å². The molecule has 0 saturated heterocycles. The van der Waals surface area contributed by atoms with Crippen molar-refractivity contribution in [3.8, 4) is 51.0 Å². The lowest BCUT2D eigenvalue weighted by molar-refractivity contribution is 0.590. The van der Waals surface area contributed by atoms with Gasteiger partial charge in [0.15, 0.2) is 24.6 Å². The summed E-state index contributed by atoms with van der Waals surface area (Å²) < 4.78 is 19.1. The van der Waals surface area contributed by atoms with Crippen molar-refractivity contribution in [2.75, 3.05) is 0 Å². The Labute approximate surface area is 370 Å². The maximum atomic E-state index is 16.7. The summed E-state index contributed by atoms with van der Waals surface area (Å²) in [6.07, 6.45) is 0. The fourth-order valence-electron chi connectivity index (χ4n) is 10.6. The molecule has 64 heavy (non-hydrogen) atoms. The standard InChI is InChI=1S/C58H37N4OP/c63-64(43-21-8-3-9-22-43)52-30-15-12-26-47(52)58(46-25-11-14-29-51(46)62-50-28-13-10-23-44(50)45-24-16-27-48(58)54(45)62)49-37-42(35-36-53(49)64)57-60-55(40-19-6-2-7-20-40)59-56(61-57)41-33-31-39(32-34-41)38-17-4-1-5-18-38/h1-37H. The lowest BCUT2D eigenvalue weighted by Crippen LogP contribution is -2.48. The maximum absolute atomic E-state index is 16.7. The van der Waals surface area contributed by atoms with Gasteiger partial charge in [0.05, 0.1) is 22.1 Å². The quantitative estimate of drug-likeness (QED) is 0.162. The second-order valence-corrected chi connectivity index (χ2v) is 19.3. The Morgan fingerprint density at radius 3 is 1.62 bits per heavy atom. The van der Waals surface area contributed by atoms with Crippen LogP contribution in [0.4, 0.5) is 0 Å². The minimum atomic E-state index is -3.46. The third-order valence-electron chi connectivity index (χ3n) is 13.3. The first-order valence-electron chi connectivity index (χ1n) is 21.6. The van der Waals surface area contributed by atoms with E-state index in [4.69, 9.17) is 15.0 Å². The SMILES string of the molecule is O=P1(c2ccccc2)c2ccccc2C2(c3ccccc3-n3c4ccccc4c4cccc2c43)c2cc(-c3nc(-c4ccccc4)nc(-c4ccc(-c5ccccc5)cc4)n3)ccc21. The summed E-state index contributed by atoms with van der Waals surface area (Å²) in [6, 6.07) is 77.9. The van der Waals surface area contributed by atoms with Crippen molar-refractivity contribution in [1.29, 1.82) is 0 Å². The molecule has 0 saturated carbocycles. The summed E-state index contributed by atoms with van der Waals surface area (Å²) in [6.45, 7) is 0. The molecule has 4 heterocycles. The summed E-state index contributed by atoms with van der Waals surface area (Å²) >= 11 is 0. The summed E-state index contributed by atoms with van der Waals surface area (Å²) in [7, 11) is -3.46. The van der Waals surface area contributed by atoms with E-state index >= 15 is 4.57 Å². The molecule has 2 aromatic heterocycles. The molecule has 0 fully saturated rings. The van der Waals surface area contributed by atoms with E-state index in [2.05, 4.69) is 156 Å². The maximum Gasteiger partial charge on any atom is 0.171 e. The van der Waals surface area contributed by atoms with Crippen LogP contribution in [-0.4, -0.2) is 19.5 Å². The zero-order chi connectivity index (χ0) is 42.4. The lowest BCUT2D eigenvalue weighted by Gasteiger charge is -2.47. The topological polar surface area (TPSA) is 60.7 Å². The zero-order valence-electron chi connectivity index (χ0n) is 34.5. The van der Waals surface area contributed by atoms with Crippen molar-refractivity contribution in [3.63, 3.8) is 0 Å². The van der Waals surface area contributed by atoms with E-state index in [1.807, 2.05) is 72.8 Å². The Kier molecular flexibility index (Phi) is 8.03. The Bertz CT molecular complexity index is 3700. The van der Waals surface area contributed by atoms with E-state index in [0.717, 1.165) is 82.7 Å². The molecule has 300 valence electrons. The second kappa shape index (κ2) is 14.0. The minimum absolute atomic E-state index is 0.541. The number of hydrogen-bond donors (Lipinski definition) is 0. The number of aromatic nitrogens is 4. The molecule has 6 heteroatoms. The Morgan fingerprint density at radius 2 is 0.875 bits per heavy atom. The number of para-hydroxylation sites is 3. The first-order chi connectivity index (χ1) is 31.6. The molecule has 2 aliphatic heterocycles. The molecular formula is C58H37N4OP. The predicted octanol–water partition coefficient (Wildman–Crippen LogP) is 12.3. The lowest BCUT2D eigenvalue weighted by atomic mass is 9.62. The largest absolute Gasteiger partial charge is 0.309 e. The van der Waals surface area contributed by atoms with Crippen LogP contribution < -0.4 is 15.9 Å². The van der Waals surface area contributed by atoms with Crippen molar-refractivity contribution in [3.05, 3.63) is 247 Å². The first-order valence-corrected chi connectivity index (χ1v) is 23.3. The normalized spacial score (nSPS) is 16.9. The van der Waals surface area contributed by atoms with Crippen LogP contribution in [0.1, 0.15) is 22.3 Å². The highest BCUT2D eigenvalue weighted by molar-refractivity contribution is 7.85. The van der Waals surface area contributed by atoms with Crippen LogP contribution in [0.2, 0.25) is 0 Å². The van der Waals surface area contributed by atoms with Crippen molar-refractivity contribution < 1.29 is 4.57 Å². The fraction of sp³-hybridized carbons (Fsp3) is 0.0172. The molecule has 0 N–H and O–H groups in total. The molecule has 2 aliphatic rings. The van der Waals surface area contributed by atoms with Crippen LogP contribution in [0, 0.1) is 0 Å². The van der Waals surface area contributed by atoms with Crippen LogP contribution in [0.3, 0.4) is 0 Å². The third-order valence-corrected chi connectivity index (χ3v) is 16.5. The van der Waals surface area contributed by atoms with Crippen LogP contribution in [0.25, 0.3) is 72.8 Å². The molecule has 5 nitrogen and oxygen atoms in total. The molecular weight excluding hydrogens is 800 g/mol. The van der Waals surface area contributed by atoms with Gasteiger partial charge in [0.2, 0.25) is 0 Å². The zero-order valence-corrected chi connectivity index (χ0v) is 35.4. The van der Waals surface area contributed by atoms with E-state index < -0.39 is 12.6 Å². The molecule has 9 aromatic carbocycles. The second-order valence-electron chi connectivity index (χ2n) is 16.6. The van der Waals surface area contributed by atoms with Gasteiger partial charge in [0.1, 0.15) is 0 Å². The molecule has 1 spiro atoms. The van der Waals surface area contributed by atoms with E-state index in [0.29, 0.717) is 17.5 Å². The number of rotatable bonds is 5. The van der Waals surface area contributed by atoms with Crippen LogP contribution in [0.15, 0.2) is 224 Å². The molecule has 2 atom stereocenters. The Morgan fingerprint density at radius 1 is 0.375 bits per heavy atom. The Hall–Kier alpha value is -7.98. The van der Waals surface area contributed by atoms with Gasteiger partial charge >= 0.3 is 0 Å². The molecule has 0 aliphatic carbocycles. The highest BCUT2D eigenvalue weighted by Crippen LogP contribution is 2.61. The average molecular weight is 837 g/mol. The van der Waals surface area contributed by atoms with Crippen LogP contribution in [0.5, 0.6) is 0 Å². The summed E-state index contributed by atoms with van der Waals surface area (Å²) in [5.41, 5.74) is 11.6. The van der Waals surface area contributed by atoms with Crippen molar-refractivity contribution in [1.82, 2.24) is 19.5 Å². The van der Waals surface area contributed by atoms with Gasteiger partial charge in [0.25, 0.3) is 0 Å². The Balaban J connectivity index is 1.12. The molecule has 0 bridgehead atoms.